The first kappa shape index (κ1) is 34.2. The predicted molar refractivity (Wildman–Crippen MR) is 166 cm³/mol. The van der Waals surface area contributed by atoms with Crippen molar-refractivity contribution in [2.45, 2.75) is 82.8 Å². The molecule has 1 aliphatic rings. The van der Waals surface area contributed by atoms with E-state index >= 15 is 0 Å². The molecule has 2 amide bonds. The summed E-state index contributed by atoms with van der Waals surface area (Å²) in [5.41, 5.74) is 4.32. The van der Waals surface area contributed by atoms with Gasteiger partial charge in [0.1, 0.15) is 30.0 Å². The van der Waals surface area contributed by atoms with E-state index < -0.39 is 30.0 Å². The summed E-state index contributed by atoms with van der Waals surface area (Å²) in [7, 11) is 1.89. The Bertz CT molecular complexity index is 1260. The lowest BCUT2D eigenvalue weighted by atomic mass is 9.91. The van der Waals surface area contributed by atoms with Gasteiger partial charge in [0.2, 0.25) is 11.8 Å². The monoisotopic (exact) mass is 593 g/mol. The van der Waals surface area contributed by atoms with Gasteiger partial charge in [0, 0.05) is 19.5 Å². The molecule has 1 saturated heterocycles. The van der Waals surface area contributed by atoms with E-state index in [1.54, 1.807) is 13.8 Å². The molecule has 0 aromatic heterocycles. The standard InChI is InChI=1S/C34H47N3O6/c1-6-18-37(5)19-17-35-33(42)34(3,4)36-29(39)10-8-7-9-24-12-14-25(15-13-24)20-27-21-26(16-11-23(27)2)32-31(41)30(40)28(38)22-43-32/h1,11-16,21,28,30-32,38,40-41H,7-10,17-20,22H2,2-5H3,(H,35,42)(H,36,39)/t28-,30+,31-,32+/m1/s1. The highest BCUT2D eigenvalue weighted by Gasteiger charge is 2.38. The average Bonchev–Trinajstić information content (AvgIpc) is 2.96. The number of aryl methyl sites for hydroxylation is 2. The van der Waals surface area contributed by atoms with E-state index in [1.807, 2.05) is 37.1 Å². The van der Waals surface area contributed by atoms with Crippen LogP contribution in [0.25, 0.3) is 0 Å². The maximum Gasteiger partial charge on any atom is 0.245 e. The Balaban J connectivity index is 1.43. The van der Waals surface area contributed by atoms with E-state index in [4.69, 9.17) is 11.2 Å². The number of unbranched alkanes of at least 4 members (excludes halogenated alkanes) is 1. The van der Waals surface area contributed by atoms with Gasteiger partial charge in [-0.1, -0.05) is 48.4 Å². The minimum absolute atomic E-state index is 0.0276. The molecule has 1 heterocycles. The van der Waals surface area contributed by atoms with Gasteiger partial charge in [-0.05, 0) is 81.3 Å². The Morgan fingerprint density at radius 3 is 2.47 bits per heavy atom. The van der Waals surface area contributed by atoms with Crippen molar-refractivity contribution in [3.63, 3.8) is 0 Å². The lowest BCUT2D eigenvalue weighted by molar-refractivity contribution is -0.189. The van der Waals surface area contributed by atoms with Crippen molar-refractivity contribution in [1.29, 1.82) is 0 Å². The number of aliphatic hydroxyl groups excluding tert-OH is 3. The number of carbonyl (C=O) groups excluding carboxylic acids is 2. The van der Waals surface area contributed by atoms with E-state index in [0.29, 0.717) is 32.5 Å². The minimum Gasteiger partial charge on any atom is -0.388 e. The summed E-state index contributed by atoms with van der Waals surface area (Å²) in [6.45, 7) is 7.01. The number of aliphatic hydroxyl groups is 3. The molecule has 0 radical (unpaired) electrons. The maximum absolute atomic E-state index is 12.5. The maximum atomic E-state index is 12.5. The number of rotatable bonds is 14. The SMILES string of the molecule is C#CCN(C)CCNC(=O)C(C)(C)NC(=O)CCCCc1ccc(Cc2cc([C@@H]3OC[C@@H](O)[C@H](O)[C@H]3O)ccc2C)cc1. The number of amides is 2. The molecule has 5 N–H and O–H groups in total. The van der Waals surface area contributed by atoms with Crippen molar-refractivity contribution in [2.24, 2.45) is 0 Å². The number of terminal acetylenes is 1. The molecule has 0 spiro atoms. The molecule has 0 saturated carbocycles. The zero-order valence-electron chi connectivity index (χ0n) is 25.8. The molecule has 43 heavy (non-hydrogen) atoms. The minimum atomic E-state index is -1.24. The van der Waals surface area contributed by atoms with E-state index in [-0.39, 0.29) is 18.4 Å². The van der Waals surface area contributed by atoms with Crippen LogP contribution in [-0.2, 0) is 27.2 Å². The quantitative estimate of drug-likeness (QED) is 0.167. The second kappa shape index (κ2) is 16.0. The van der Waals surface area contributed by atoms with Crippen molar-refractivity contribution in [3.8, 4) is 12.3 Å². The summed E-state index contributed by atoms with van der Waals surface area (Å²) < 4.78 is 5.63. The Kier molecular flexibility index (Phi) is 12.7. The topological polar surface area (TPSA) is 131 Å². The molecule has 234 valence electrons. The predicted octanol–water partition coefficient (Wildman–Crippen LogP) is 2.03. The summed E-state index contributed by atoms with van der Waals surface area (Å²) in [4.78, 5) is 26.9. The summed E-state index contributed by atoms with van der Waals surface area (Å²) in [6, 6.07) is 14.3. The van der Waals surface area contributed by atoms with Gasteiger partial charge < -0.3 is 30.7 Å². The smallest absolute Gasteiger partial charge is 0.245 e. The van der Waals surface area contributed by atoms with E-state index in [1.165, 1.54) is 5.56 Å². The molecule has 9 nitrogen and oxygen atoms in total. The fourth-order valence-electron chi connectivity index (χ4n) is 5.10. The average molecular weight is 594 g/mol. The van der Waals surface area contributed by atoms with E-state index in [0.717, 1.165) is 41.5 Å². The number of ether oxygens (including phenoxy) is 1. The molecule has 1 fully saturated rings. The van der Waals surface area contributed by atoms with Crippen LogP contribution in [0, 0.1) is 19.3 Å². The third kappa shape index (κ3) is 10.2. The Hall–Kier alpha value is -3.26. The highest BCUT2D eigenvalue weighted by Crippen LogP contribution is 2.31. The molecule has 0 bridgehead atoms. The van der Waals surface area contributed by atoms with Crippen LogP contribution in [0.1, 0.15) is 67.0 Å². The van der Waals surface area contributed by atoms with Crippen LogP contribution >= 0.6 is 0 Å². The van der Waals surface area contributed by atoms with Gasteiger partial charge in [0.05, 0.1) is 13.2 Å². The van der Waals surface area contributed by atoms with Crippen molar-refractivity contribution >= 4 is 11.8 Å². The number of benzene rings is 2. The normalized spacial score (nSPS) is 20.4. The molecule has 3 rings (SSSR count). The fourth-order valence-corrected chi connectivity index (χ4v) is 5.10. The van der Waals surface area contributed by atoms with Crippen LogP contribution in [-0.4, -0.2) is 89.2 Å². The zero-order chi connectivity index (χ0) is 31.6. The van der Waals surface area contributed by atoms with Gasteiger partial charge in [-0.15, -0.1) is 6.42 Å². The van der Waals surface area contributed by atoms with Crippen LogP contribution < -0.4 is 10.6 Å². The number of likely N-dealkylation sites (N-methyl/N-ethyl adjacent to an activating group) is 1. The number of hydrogen-bond donors (Lipinski definition) is 5. The fraction of sp³-hybridized carbons (Fsp3) is 0.529. The largest absolute Gasteiger partial charge is 0.388 e. The number of carbonyl (C=O) groups is 2. The molecule has 0 aliphatic carbocycles. The van der Waals surface area contributed by atoms with Crippen LogP contribution in [0.4, 0.5) is 0 Å². The van der Waals surface area contributed by atoms with Crippen molar-refractivity contribution in [1.82, 2.24) is 15.5 Å². The highest BCUT2D eigenvalue weighted by atomic mass is 16.5. The van der Waals surface area contributed by atoms with Gasteiger partial charge in [-0.3, -0.25) is 14.5 Å². The molecule has 9 heteroatoms. The summed E-state index contributed by atoms with van der Waals surface area (Å²) in [5.74, 6) is 2.19. The number of hydrogen-bond acceptors (Lipinski definition) is 7. The molecular formula is C34H47N3O6. The first-order chi connectivity index (χ1) is 20.4. The highest BCUT2D eigenvalue weighted by molar-refractivity contribution is 5.90. The van der Waals surface area contributed by atoms with Gasteiger partial charge in [-0.25, -0.2) is 0 Å². The van der Waals surface area contributed by atoms with Crippen LogP contribution in [0.5, 0.6) is 0 Å². The molecule has 4 atom stereocenters. The van der Waals surface area contributed by atoms with Crippen LogP contribution in [0.2, 0.25) is 0 Å². The second-order valence-corrected chi connectivity index (χ2v) is 12.1. The van der Waals surface area contributed by atoms with Gasteiger partial charge in [-0.2, -0.15) is 0 Å². The lowest BCUT2D eigenvalue weighted by Crippen LogP contribution is -2.55. The summed E-state index contributed by atoms with van der Waals surface area (Å²) in [6.07, 6.45) is 4.54. The first-order valence-corrected chi connectivity index (χ1v) is 15.0. The molecular weight excluding hydrogens is 546 g/mol. The van der Waals surface area contributed by atoms with E-state index in [9.17, 15) is 24.9 Å². The van der Waals surface area contributed by atoms with Gasteiger partial charge in [0.15, 0.2) is 0 Å². The Morgan fingerprint density at radius 2 is 1.77 bits per heavy atom. The van der Waals surface area contributed by atoms with Crippen molar-refractivity contribution in [3.05, 3.63) is 70.3 Å². The third-order valence-corrected chi connectivity index (χ3v) is 7.90. The Morgan fingerprint density at radius 1 is 1.07 bits per heavy atom. The van der Waals surface area contributed by atoms with Crippen molar-refractivity contribution < 1.29 is 29.6 Å². The molecule has 0 unspecified atom stereocenters. The lowest BCUT2D eigenvalue weighted by Gasteiger charge is -2.35. The van der Waals surface area contributed by atoms with Crippen LogP contribution in [0.15, 0.2) is 42.5 Å². The molecule has 2 aromatic rings. The number of nitrogens with zero attached hydrogens (tertiary/aromatic N) is 1. The van der Waals surface area contributed by atoms with E-state index in [2.05, 4.69) is 40.8 Å². The molecule has 2 aromatic carbocycles. The zero-order valence-corrected chi connectivity index (χ0v) is 25.8. The summed E-state index contributed by atoms with van der Waals surface area (Å²) >= 11 is 0. The van der Waals surface area contributed by atoms with Gasteiger partial charge in [0.25, 0.3) is 0 Å². The Labute approximate surface area is 255 Å². The van der Waals surface area contributed by atoms with Gasteiger partial charge >= 0.3 is 0 Å². The first-order valence-electron chi connectivity index (χ1n) is 15.0. The number of nitrogens with one attached hydrogen (secondary N) is 2. The summed E-state index contributed by atoms with van der Waals surface area (Å²) in [5, 5.41) is 35.9. The third-order valence-electron chi connectivity index (χ3n) is 7.90. The van der Waals surface area contributed by atoms with Crippen molar-refractivity contribution in [2.75, 3.05) is 33.3 Å². The van der Waals surface area contributed by atoms with Crippen LogP contribution in [0.3, 0.4) is 0 Å². The second-order valence-electron chi connectivity index (χ2n) is 12.1. The molecule has 1 aliphatic heterocycles.